The Morgan fingerprint density at radius 3 is 2.29 bits per heavy atom. The molecule has 0 heterocycles. The Morgan fingerprint density at radius 2 is 1.93 bits per heavy atom. The summed E-state index contributed by atoms with van der Waals surface area (Å²) in [7, 11) is 0. The van der Waals surface area contributed by atoms with Gasteiger partial charge >= 0.3 is 11.9 Å². The third-order valence-corrected chi connectivity index (χ3v) is 1.27. The van der Waals surface area contributed by atoms with E-state index in [4.69, 9.17) is 25.5 Å². The van der Waals surface area contributed by atoms with Gasteiger partial charge in [0.25, 0.3) is 0 Å². The molecular weight excluding hydrogens is 196 g/mol. The van der Waals surface area contributed by atoms with E-state index in [1.165, 1.54) is 0 Å². The number of carbonyl (C=O) groups excluding carboxylic acids is 1. The van der Waals surface area contributed by atoms with E-state index in [0.717, 1.165) is 0 Å². The molecular formula is C7H12O7. The molecule has 7 nitrogen and oxygen atoms in total. The predicted molar refractivity (Wildman–Crippen MR) is 42.6 cm³/mol. The Labute approximate surface area is 79.5 Å². The van der Waals surface area contributed by atoms with E-state index in [1.54, 1.807) is 0 Å². The lowest BCUT2D eigenvalue weighted by Crippen LogP contribution is -2.35. The number of ether oxygens (including phenoxy) is 1. The van der Waals surface area contributed by atoms with Crippen molar-refractivity contribution in [1.82, 2.24) is 0 Å². The molecule has 0 aromatic heterocycles. The van der Waals surface area contributed by atoms with E-state index in [-0.39, 0.29) is 0 Å². The topological polar surface area (TPSA) is 127 Å². The molecule has 7 heteroatoms. The van der Waals surface area contributed by atoms with Crippen molar-refractivity contribution in [3.8, 4) is 0 Å². The lowest BCUT2D eigenvalue weighted by Gasteiger charge is -2.16. The molecule has 0 fully saturated rings. The van der Waals surface area contributed by atoms with E-state index >= 15 is 0 Å². The fraction of sp³-hybridized carbons (Fsp3) is 0.571. The van der Waals surface area contributed by atoms with Gasteiger partial charge in [-0.05, 0) is 0 Å². The van der Waals surface area contributed by atoms with Gasteiger partial charge in [0, 0.05) is 0 Å². The normalized spacial score (nSPS) is 13.5. The Balaban J connectivity index is 4.04. The highest BCUT2D eigenvalue weighted by molar-refractivity contribution is 5.88. The van der Waals surface area contributed by atoms with Crippen LogP contribution in [-0.4, -0.2) is 56.8 Å². The average Bonchev–Trinajstić information content (AvgIpc) is 2.10. The second-order valence-electron chi connectivity index (χ2n) is 2.55. The Hall–Kier alpha value is -0.990. The van der Waals surface area contributed by atoms with Gasteiger partial charge in [-0.2, -0.15) is 0 Å². The second kappa shape index (κ2) is 5.03. The third-order valence-electron chi connectivity index (χ3n) is 1.27. The first-order valence-electron chi connectivity index (χ1n) is 3.61. The van der Waals surface area contributed by atoms with Gasteiger partial charge in [0.15, 0.2) is 0 Å². The summed E-state index contributed by atoms with van der Waals surface area (Å²) in [6, 6.07) is 0. The molecule has 0 radical (unpaired) electrons. The number of rotatable bonds is 5. The summed E-state index contributed by atoms with van der Waals surface area (Å²) in [6.45, 7) is 1.71. The first kappa shape index (κ1) is 13.0. The summed E-state index contributed by atoms with van der Waals surface area (Å²) in [4.78, 5) is 10.8. The zero-order valence-electron chi connectivity index (χ0n) is 7.25. The standard InChI is InChI=1S/C7H12O7/c1-4(7(11,12)13)6(10)14-3-5(9)2-8/h5,8-9,11-13H,1-3H2. The van der Waals surface area contributed by atoms with Crippen LogP contribution >= 0.6 is 0 Å². The van der Waals surface area contributed by atoms with Crippen molar-refractivity contribution < 1.29 is 35.1 Å². The zero-order chi connectivity index (χ0) is 11.4. The maximum atomic E-state index is 10.8. The second-order valence-corrected chi connectivity index (χ2v) is 2.55. The summed E-state index contributed by atoms with van der Waals surface area (Å²) < 4.78 is 4.25. The van der Waals surface area contributed by atoms with E-state index < -0.39 is 36.8 Å². The largest absolute Gasteiger partial charge is 0.459 e. The van der Waals surface area contributed by atoms with Crippen molar-refractivity contribution in [2.45, 2.75) is 12.1 Å². The summed E-state index contributed by atoms with van der Waals surface area (Å²) in [5.74, 6) is -4.63. The van der Waals surface area contributed by atoms with Crippen LogP contribution in [0.25, 0.3) is 0 Å². The van der Waals surface area contributed by atoms with Gasteiger partial charge in [0.1, 0.15) is 18.3 Å². The van der Waals surface area contributed by atoms with Gasteiger partial charge in [-0.25, -0.2) is 4.79 Å². The van der Waals surface area contributed by atoms with Crippen LogP contribution in [0.2, 0.25) is 0 Å². The molecule has 0 aliphatic rings. The number of hydrogen-bond donors (Lipinski definition) is 5. The number of esters is 1. The highest BCUT2D eigenvalue weighted by atomic mass is 16.7. The summed E-state index contributed by atoms with van der Waals surface area (Å²) >= 11 is 0. The summed E-state index contributed by atoms with van der Waals surface area (Å²) in [5, 5.41) is 42.5. The molecule has 0 amide bonds. The first-order valence-corrected chi connectivity index (χ1v) is 3.61. The average molecular weight is 208 g/mol. The van der Waals surface area contributed by atoms with Crippen LogP contribution in [-0.2, 0) is 9.53 Å². The van der Waals surface area contributed by atoms with Crippen molar-refractivity contribution in [1.29, 1.82) is 0 Å². The molecule has 1 atom stereocenters. The lowest BCUT2D eigenvalue weighted by atomic mass is 10.2. The van der Waals surface area contributed by atoms with E-state index in [2.05, 4.69) is 11.3 Å². The van der Waals surface area contributed by atoms with Gasteiger partial charge in [-0.3, -0.25) is 0 Å². The molecule has 0 spiro atoms. The fourth-order valence-corrected chi connectivity index (χ4v) is 0.449. The molecule has 1 unspecified atom stereocenters. The van der Waals surface area contributed by atoms with Crippen LogP contribution in [0, 0.1) is 0 Å². The third kappa shape index (κ3) is 4.30. The first-order chi connectivity index (χ1) is 6.29. The van der Waals surface area contributed by atoms with Crippen LogP contribution in [0.4, 0.5) is 0 Å². The number of carbonyl (C=O) groups is 1. The molecule has 0 bridgehead atoms. The maximum Gasteiger partial charge on any atom is 0.341 e. The number of aliphatic hydroxyl groups is 5. The molecule has 0 rings (SSSR count). The summed E-state index contributed by atoms with van der Waals surface area (Å²) in [5.41, 5.74) is -0.984. The van der Waals surface area contributed by atoms with Gasteiger partial charge in [-0.1, -0.05) is 6.58 Å². The van der Waals surface area contributed by atoms with Crippen LogP contribution < -0.4 is 0 Å². The van der Waals surface area contributed by atoms with Crippen molar-refractivity contribution in [2.75, 3.05) is 13.2 Å². The molecule has 14 heavy (non-hydrogen) atoms. The maximum absolute atomic E-state index is 10.8. The minimum atomic E-state index is -3.35. The van der Waals surface area contributed by atoms with Crippen molar-refractivity contribution in [3.63, 3.8) is 0 Å². The minimum Gasteiger partial charge on any atom is -0.459 e. The Morgan fingerprint density at radius 1 is 1.43 bits per heavy atom. The van der Waals surface area contributed by atoms with Gasteiger partial charge in [0.2, 0.25) is 0 Å². The molecule has 5 N–H and O–H groups in total. The van der Waals surface area contributed by atoms with Crippen LogP contribution in [0.5, 0.6) is 0 Å². The highest BCUT2D eigenvalue weighted by Gasteiger charge is 2.30. The fourth-order valence-electron chi connectivity index (χ4n) is 0.449. The van der Waals surface area contributed by atoms with Gasteiger partial charge < -0.3 is 30.3 Å². The quantitative estimate of drug-likeness (QED) is 0.186. The minimum absolute atomic E-state index is 0.537. The van der Waals surface area contributed by atoms with Crippen LogP contribution in [0.15, 0.2) is 12.2 Å². The van der Waals surface area contributed by atoms with Crippen molar-refractivity contribution in [2.24, 2.45) is 0 Å². The molecule has 0 aromatic rings. The SMILES string of the molecule is C=C(C(=O)OCC(O)CO)C(O)(O)O. The Kier molecular flexibility index (Phi) is 4.68. The van der Waals surface area contributed by atoms with E-state index in [9.17, 15) is 4.79 Å². The van der Waals surface area contributed by atoms with Gasteiger partial charge in [-0.15, -0.1) is 0 Å². The van der Waals surface area contributed by atoms with E-state index in [0.29, 0.717) is 0 Å². The van der Waals surface area contributed by atoms with Gasteiger partial charge in [0.05, 0.1) is 6.61 Å². The lowest BCUT2D eigenvalue weighted by molar-refractivity contribution is -0.282. The van der Waals surface area contributed by atoms with Crippen molar-refractivity contribution in [3.05, 3.63) is 12.2 Å². The predicted octanol–water partition coefficient (Wildman–Crippen LogP) is -2.93. The number of hydrogen-bond acceptors (Lipinski definition) is 7. The molecule has 0 aliphatic carbocycles. The molecule has 82 valence electrons. The highest BCUT2D eigenvalue weighted by Crippen LogP contribution is 2.09. The van der Waals surface area contributed by atoms with Crippen LogP contribution in [0.3, 0.4) is 0 Å². The molecule has 0 aliphatic heterocycles. The molecule has 0 saturated carbocycles. The van der Waals surface area contributed by atoms with Crippen molar-refractivity contribution >= 4 is 5.97 Å². The monoisotopic (exact) mass is 208 g/mol. The molecule has 0 saturated heterocycles. The smallest absolute Gasteiger partial charge is 0.341 e. The van der Waals surface area contributed by atoms with Crippen LogP contribution in [0.1, 0.15) is 0 Å². The number of aliphatic hydroxyl groups excluding tert-OH is 2. The molecule has 0 aromatic carbocycles. The van der Waals surface area contributed by atoms with E-state index in [1.807, 2.05) is 0 Å². The zero-order valence-corrected chi connectivity index (χ0v) is 7.25. The summed E-state index contributed by atoms with van der Waals surface area (Å²) in [6.07, 6.45) is -1.27. The Bertz CT molecular complexity index is 217.